The Balaban J connectivity index is 2.97. The van der Waals surface area contributed by atoms with E-state index in [2.05, 4.69) is 13.8 Å². The summed E-state index contributed by atoms with van der Waals surface area (Å²) in [5, 5.41) is 9.72. The van der Waals surface area contributed by atoms with Crippen LogP contribution in [0.4, 0.5) is 0 Å². The number of rotatable bonds is 13. The number of carboxylic acid groups (broad SMARTS) is 1. The van der Waals surface area contributed by atoms with Gasteiger partial charge in [-0.1, -0.05) is 49.9 Å². The monoisotopic (exact) mass is 449 g/mol. The van der Waals surface area contributed by atoms with Crippen LogP contribution < -0.4 is 0 Å². The molecule has 1 amide bonds. The molecule has 0 aliphatic rings. The van der Waals surface area contributed by atoms with Gasteiger partial charge in [-0.25, -0.2) is 0 Å². The molecule has 0 radical (unpaired) electrons. The minimum absolute atomic E-state index is 0.0683. The first-order valence-corrected chi connectivity index (χ1v) is 11.7. The summed E-state index contributed by atoms with van der Waals surface area (Å²) in [7, 11) is -1.48. The van der Waals surface area contributed by atoms with E-state index in [1.807, 2.05) is 0 Å². The number of nitrogens with zero attached hydrogens (tertiary/aromatic N) is 1. The number of carboxylic acids is 1. The Hall–Kier alpha value is -1.11. The van der Waals surface area contributed by atoms with Crippen molar-refractivity contribution in [3.63, 3.8) is 0 Å². The standard InChI is InChI=1S/C20H29Cl2NO4S/c1-3-5-11-23(12-6-4-2)20(26)15(7-10-19(24)25)14-28(27)16-8-9-17(21)18(22)13-16/h8-9,13,15H,3-7,10-12,14H2,1-2H3,(H,24,25). The summed E-state index contributed by atoms with van der Waals surface area (Å²) in [5.41, 5.74) is 0. The summed E-state index contributed by atoms with van der Waals surface area (Å²) in [6, 6.07) is 4.72. The minimum Gasteiger partial charge on any atom is -0.481 e. The molecule has 0 fully saturated rings. The van der Waals surface area contributed by atoms with Gasteiger partial charge in [-0.2, -0.15) is 0 Å². The van der Waals surface area contributed by atoms with E-state index in [1.54, 1.807) is 17.0 Å². The molecule has 8 heteroatoms. The zero-order valence-corrected chi connectivity index (χ0v) is 18.8. The highest BCUT2D eigenvalue weighted by Crippen LogP contribution is 2.25. The van der Waals surface area contributed by atoms with Gasteiger partial charge in [0.05, 0.1) is 26.8 Å². The van der Waals surface area contributed by atoms with Crippen LogP contribution >= 0.6 is 23.2 Å². The molecule has 0 saturated carbocycles. The van der Waals surface area contributed by atoms with Crippen molar-refractivity contribution in [1.82, 2.24) is 4.90 Å². The van der Waals surface area contributed by atoms with Gasteiger partial charge in [0.25, 0.3) is 0 Å². The summed E-state index contributed by atoms with van der Waals surface area (Å²) in [4.78, 5) is 26.4. The van der Waals surface area contributed by atoms with Crippen molar-refractivity contribution in [2.75, 3.05) is 18.8 Å². The second-order valence-electron chi connectivity index (χ2n) is 6.75. The van der Waals surface area contributed by atoms with Gasteiger partial charge in [0.2, 0.25) is 5.91 Å². The predicted octanol–water partition coefficient (Wildman–Crippen LogP) is 5.01. The Morgan fingerprint density at radius 2 is 1.71 bits per heavy atom. The van der Waals surface area contributed by atoms with E-state index in [-0.39, 0.29) is 24.5 Å². The molecule has 5 nitrogen and oxygen atoms in total. The molecular formula is C20H29Cl2NO4S. The van der Waals surface area contributed by atoms with Crippen LogP contribution in [-0.2, 0) is 20.4 Å². The molecule has 158 valence electrons. The Labute approximate surface area is 179 Å². The van der Waals surface area contributed by atoms with Crippen molar-refractivity contribution in [3.05, 3.63) is 28.2 Å². The second-order valence-corrected chi connectivity index (χ2v) is 9.06. The fourth-order valence-corrected chi connectivity index (χ4v) is 4.46. The van der Waals surface area contributed by atoms with Crippen LogP contribution in [0.5, 0.6) is 0 Å². The molecule has 0 aromatic heterocycles. The first-order valence-electron chi connectivity index (χ1n) is 9.64. The molecule has 0 aliphatic heterocycles. The highest BCUT2D eigenvalue weighted by Gasteiger charge is 2.27. The third-order valence-corrected chi connectivity index (χ3v) is 6.66. The first kappa shape index (κ1) is 24.9. The lowest BCUT2D eigenvalue weighted by Gasteiger charge is -2.27. The maximum absolute atomic E-state index is 13.1. The lowest BCUT2D eigenvalue weighted by Crippen LogP contribution is -2.39. The van der Waals surface area contributed by atoms with Crippen LogP contribution in [0.1, 0.15) is 52.4 Å². The Bertz CT molecular complexity index is 676. The number of hydrogen-bond acceptors (Lipinski definition) is 3. The number of amides is 1. The molecular weight excluding hydrogens is 421 g/mol. The number of carbonyl (C=O) groups excluding carboxylic acids is 1. The summed E-state index contributed by atoms with van der Waals surface area (Å²) < 4.78 is 12.8. The average molecular weight is 450 g/mol. The molecule has 0 spiro atoms. The van der Waals surface area contributed by atoms with E-state index in [1.165, 1.54) is 6.07 Å². The molecule has 0 aliphatic carbocycles. The van der Waals surface area contributed by atoms with Crippen LogP contribution in [0.15, 0.2) is 23.1 Å². The molecule has 1 aromatic rings. The molecule has 0 bridgehead atoms. The minimum atomic E-state index is -1.48. The summed E-state index contributed by atoms with van der Waals surface area (Å²) in [6.07, 6.45) is 3.73. The largest absolute Gasteiger partial charge is 0.481 e. The first-order chi connectivity index (χ1) is 13.3. The van der Waals surface area contributed by atoms with Crippen molar-refractivity contribution < 1.29 is 18.9 Å². The van der Waals surface area contributed by atoms with Crippen molar-refractivity contribution in [3.8, 4) is 0 Å². The van der Waals surface area contributed by atoms with Gasteiger partial charge in [-0.15, -0.1) is 0 Å². The Kier molecular flexibility index (Phi) is 11.7. The van der Waals surface area contributed by atoms with Gasteiger partial charge in [0.15, 0.2) is 0 Å². The fourth-order valence-electron chi connectivity index (χ4n) is 2.76. The van der Waals surface area contributed by atoms with Crippen molar-refractivity contribution >= 4 is 45.9 Å². The number of benzene rings is 1. The van der Waals surface area contributed by atoms with E-state index in [0.717, 1.165) is 25.7 Å². The molecule has 2 atom stereocenters. The number of halogens is 2. The SMILES string of the molecule is CCCCN(CCCC)C(=O)C(CCC(=O)O)CS(=O)c1ccc(Cl)c(Cl)c1. The van der Waals surface area contributed by atoms with Gasteiger partial charge in [-0.05, 0) is 37.5 Å². The third-order valence-electron chi connectivity index (χ3n) is 4.44. The predicted molar refractivity (Wildman–Crippen MR) is 114 cm³/mol. The topological polar surface area (TPSA) is 74.7 Å². The normalized spacial score (nSPS) is 13.1. The van der Waals surface area contributed by atoms with Gasteiger partial charge >= 0.3 is 5.97 Å². The van der Waals surface area contributed by atoms with E-state index in [9.17, 15) is 13.8 Å². The number of aliphatic carboxylic acids is 1. The van der Waals surface area contributed by atoms with E-state index in [0.29, 0.717) is 28.0 Å². The zero-order chi connectivity index (χ0) is 21.1. The lowest BCUT2D eigenvalue weighted by atomic mass is 10.0. The highest BCUT2D eigenvalue weighted by molar-refractivity contribution is 7.85. The van der Waals surface area contributed by atoms with Gasteiger partial charge < -0.3 is 10.0 Å². The van der Waals surface area contributed by atoms with Crippen LogP contribution in [0.3, 0.4) is 0 Å². The van der Waals surface area contributed by atoms with E-state index >= 15 is 0 Å². The lowest BCUT2D eigenvalue weighted by molar-refractivity contribution is -0.138. The second kappa shape index (κ2) is 13.2. The number of unbranched alkanes of at least 4 members (excludes halogenated alkanes) is 2. The van der Waals surface area contributed by atoms with Crippen LogP contribution in [0.2, 0.25) is 10.0 Å². The molecule has 2 unspecified atom stereocenters. The van der Waals surface area contributed by atoms with Gasteiger partial charge in [0.1, 0.15) is 0 Å². The highest BCUT2D eigenvalue weighted by atomic mass is 35.5. The molecule has 0 heterocycles. The summed E-state index contributed by atoms with van der Waals surface area (Å²) in [6.45, 7) is 5.39. The third kappa shape index (κ3) is 8.50. The van der Waals surface area contributed by atoms with E-state index in [4.69, 9.17) is 28.3 Å². The molecule has 1 N–H and O–H groups in total. The van der Waals surface area contributed by atoms with Crippen LogP contribution in [0, 0.1) is 5.92 Å². The number of carbonyl (C=O) groups is 2. The quantitative estimate of drug-likeness (QED) is 0.459. The zero-order valence-electron chi connectivity index (χ0n) is 16.5. The maximum Gasteiger partial charge on any atom is 0.303 e. The smallest absolute Gasteiger partial charge is 0.303 e. The van der Waals surface area contributed by atoms with Crippen LogP contribution in [-0.4, -0.2) is 44.9 Å². The summed E-state index contributed by atoms with van der Waals surface area (Å²) in [5.74, 6) is -1.62. The van der Waals surface area contributed by atoms with Gasteiger partial charge in [-0.3, -0.25) is 13.8 Å². The maximum atomic E-state index is 13.1. The van der Waals surface area contributed by atoms with Crippen molar-refractivity contribution in [2.24, 2.45) is 5.92 Å². The number of hydrogen-bond donors (Lipinski definition) is 1. The van der Waals surface area contributed by atoms with Crippen LogP contribution in [0.25, 0.3) is 0 Å². The molecule has 1 aromatic carbocycles. The summed E-state index contributed by atoms with van der Waals surface area (Å²) >= 11 is 11.9. The molecule has 28 heavy (non-hydrogen) atoms. The average Bonchev–Trinajstić information content (AvgIpc) is 2.66. The van der Waals surface area contributed by atoms with Crippen molar-refractivity contribution in [1.29, 1.82) is 0 Å². The molecule has 0 saturated heterocycles. The molecule has 1 rings (SSSR count). The van der Waals surface area contributed by atoms with E-state index < -0.39 is 22.7 Å². The fraction of sp³-hybridized carbons (Fsp3) is 0.600. The Morgan fingerprint density at radius 3 is 2.21 bits per heavy atom. The van der Waals surface area contributed by atoms with Crippen molar-refractivity contribution in [2.45, 2.75) is 57.3 Å². The Morgan fingerprint density at radius 1 is 1.11 bits per heavy atom. The van der Waals surface area contributed by atoms with Gasteiger partial charge in [0, 0.05) is 30.2 Å².